The summed E-state index contributed by atoms with van der Waals surface area (Å²) in [7, 11) is 0. The van der Waals surface area contributed by atoms with Crippen molar-refractivity contribution < 1.29 is 18.0 Å². The van der Waals surface area contributed by atoms with Crippen molar-refractivity contribution in [1.29, 1.82) is 0 Å². The summed E-state index contributed by atoms with van der Waals surface area (Å²) in [5, 5.41) is 6.02. The van der Waals surface area contributed by atoms with Crippen molar-refractivity contribution in [2.24, 2.45) is 5.92 Å². The largest absolute Gasteiger partial charge is 0.417 e. The molecule has 0 spiro atoms. The predicted molar refractivity (Wildman–Crippen MR) is 111 cm³/mol. The van der Waals surface area contributed by atoms with Crippen LogP contribution in [0.5, 0.6) is 0 Å². The molecule has 2 fully saturated rings. The maximum Gasteiger partial charge on any atom is 0.417 e. The van der Waals surface area contributed by atoms with Gasteiger partial charge in [-0.15, -0.1) is 0 Å². The molecule has 4 rings (SSSR count). The van der Waals surface area contributed by atoms with Gasteiger partial charge in [0.05, 0.1) is 22.7 Å². The number of halogens is 3. The van der Waals surface area contributed by atoms with Gasteiger partial charge in [-0.2, -0.15) is 18.3 Å². The van der Waals surface area contributed by atoms with Gasteiger partial charge in [-0.1, -0.05) is 6.92 Å². The standard InChI is InChI=1S/C21H29F3N6O/c1-13-5-9-29(10-6-13)11-7-17(31)30-8-3-2-4-16(30)15-12-14(21(22,23)24)18-19(25)27-28-20(18)26-15/h12-13,16H,2-11H2,1H3,(H3,25,26,27,28). The van der Waals surface area contributed by atoms with E-state index >= 15 is 0 Å². The second-order valence-corrected chi connectivity index (χ2v) is 8.80. The second kappa shape index (κ2) is 8.64. The Labute approximate surface area is 179 Å². The number of alkyl halides is 3. The summed E-state index contributed by atoms with van der Waals surface area (Å²) in [5.74, 6) is 0.535. The first-order chi connectivity index (χ1) is 14.7. The quantitative estimate of drug-likeness (QED) is 0.759. The maximum absolute atomic E-state index is 13.7. The summed E-state index contributed by atoms with van der Waals surface area (Å²) in [5.41, 5.74) is 4.97. The number of nitrogens with two attached hydrogens (primary N) is 1. The Morgan fingerprint density at radius 1 is 1.23 bits per heavy atom. The molecule has 0 aliphatic carbocycles. The van der Waals surface area contributed by atoms with Crippen LogP contribution >= 0.6 is 0 Å². The van der Waals surface area contributed by atoms with Gasteiger partial charge in [-0.3, -0.25) is 9.89 Å². The first-order valence-corrected chi connectivity index (χ1v) is 11.0. The van der Waals surface area contributed by atoms with E-state index in [1.165, 1.54) is 0 Å². The summed E-state index contributed by atoms with van der Waals surface area (Å²) >= 11 is 0. The van der Waals surface area contributed by atoms with E-state index in [-0.39, 0.29) is 28.5 Å². The van der Waals surface area contributed by atoms with Crippen molar-refractivity contribution in [1.82, 2.24) is 25.0 Å². The number of carbonyl (C=O) groups is 1. The number of fused-ring (bicyclic) bond motifs is 1. The van der Waals surface area contributed by atoms with Crippen LogP contribution < -0.4 is 5.73 Å². The lowest BCUT2D eigenvalue weighted by molar-refractivity contribution is -0.136. The van der Waals surface area contributed by atoms with Crippen molar-refractivity contribution in [2.75, 3.05) is 31.9 Å². The van der Waals surface area contributed by atoms with E-state index in [2.05, 4.69) is 27.0 Å². The highest BCUT2D eigenvalue weighted by atomic mass is 19.4. The van der Waals surface area contributed by atoms with Crippen LogP contribution in [-0.4, -0.2) is 57.1 Å². The Kier molecular flexibility index (Phi) is 6.09. The molecule has 10 heteroatoms. The lowest BCUT2D eigenvalue weighted by Gasteiger charge is -2.36. The van der Waals surface area contributed by atoms with Gasteiger partial charge in [0.1, 0.15) is 5.82 Å². The number of amides is 1. The highest BCUT2D eigenvalue weighted by molar-refractivity contribution is 5.90. The third-order valence-electron chi connectivity index (χ3n) is 6.56. The zero-order chi connectivity index (χ0) is 22.2. The van der Waals surface area contributed by atoms with Crippen LogP contribution in [0.25, 0.3) is 11.0 Å². The number of nitrogens with one attached hydrogen (secondary N) is 1. The van der Waals surface area contributed by atoms with Crippen molar-refractivity contribution in [2.45, 2.75) is 57.7 Å². The van der Waals surface area contributed by atoms with Crippen LogP contribution in [0.4, 0.5) is 19.0 Å². The smallest absolute Gasteiger partial charge is 0.383 e. The summed E-state index contributed by atoms with van der Waals surface area (Å²) in [6.07, 6.45) is 0.310. The molecule has 1 unspecified atom stereocenters. The third kappa shape index (κ3) is 4.63. The predicted octanol–water partition coefficient (Wildman–Crippen LogP) is 3.73. The zero-order valence-electron chi connectivity index (χ0n) is 17.7. The molecular weight excluding hydrogens is 409 g/mol. The minimum absolute atomic E-state index is 0.0275. The first kappa shape index (κ1) is 21.9. The molecule has 7 nitrogen and oxygen atoms in total. The molecule has 31 heavy (non-hydrogen) atoms. The maximum atomic E-state index is 13.7. The number of nitrogens with zero attached hydrogens (tertiary/aromatic N) is 4. The van der Waals surface area contributed by atoms with Crippen molar-refractivity contribution in [3.63, 3.8) is 0 Å². The summed E-state index contributed by atoms with van der Waals surface area (Å²) in [4.78, 5) is 21.4. The number of aromatic amines is 1. The van der Waals surface area contributed by atoms with E-state index in [1.54, 1.807) is 4.90 Å². The molecule has 0 aromatic carbocycles. The molecule has 2 aromatic rings. The average Bonchev–Trinajstić information content (AvgIpc) is 3.12. The molecule has 2 aromatic heterocycles. The van der Waals surface area contributed by atoms with Crippen molar-refractivity contribution in [3.05, 3.63) is 17.3 Å². The van der Waals surface area contributed by atoms with E-state index in [0.29, 0.717) is 25.9 Å². The number of aromatic nitrogens is 3. The van der Waals surface area contributed by atoms with E-state index < -0.39 is 17.8 Å². The van der Waals surface area contributed by atoms with Crippen LogP contribution in [0, 0.1) is 5.92 Å². The summed E-state index contributed by atoms with van der Waals surface area (Å²) < 4.78 is 41.2. The summed E-state index contributed by atoms with van der Waals surface area (Å²) in [6.45, 7) is 5.44. The molecule has 1 amide bonds. The number of piperidine rings is 2. The van der Waals surface area contributed by atoms with Crippen LogP contribution in [0.1, 0.15) is 62.7 Å². The normalized spacial score (nSPS) is 21.7. The van der Waals surface area contributed by atoms with Crippen LogP contribution in [0.2, 0.25) is 0 Å². The SMILES string of the molecule is CC1CCN(CCC(=O)N2CCCCC2c2cc(C(F)(F)F)c3c(N)[nH]nc3n2)CC1. The highest BCUT2D eigenvalue weighted by Gasteiger charge is 2.37. The fourth-order valence-corrected chi connectivity index (χ4v) is 4.68. The van der Waals surface area contributed by atoms with Crippen LogP contribution in [0.15, 0.2) is 6.07 Å². The van der Waals surface area contributed by atoms with Gasteiger partial charge >= 0.3 is 6.18 Å². The number of H-pyrrole nitrogens is 1. The molecule has 2 aliphatic heterocycles. The monoisotopic (exact) mass is 438 g/mol. The van der Waals surface area contributed by atoms with E-state index in [9.17, 15) is 18.0 Å². The average molecular weight is 438 g/mol. The number of hydrogen-bond acceptors (Lipinski definition) is 5. The number of likely N-dealkylation sites (tertiary alicyclic amines) is 2. The number of rotatable bonds is 4. The van der Waals surface area contributed by atoms with Gasteiger partial charge in [0.15, 0.2) is 5.65 Å². The number of pyridine rings is 1. The van der Waals surface area contributed by atoms with E-state index in [4.69, 9.17) is 5.73 Å². The van der Waals surface area contributed by atoms with Crippen LogP contribution in [0.3, 0.4) is 0 Å². The van der Waals surface area contributed by atoms with Gasteiger partial charge in [0.25, 0.3) is 0 Å². The van der Waals surface area contributed by atoms with Crippen LogP contribution in [-0.2, 0) is 11.0 Å². The van der Waals surface area contributed by atoms with Crippen molar-refractivity contribution in [3.8, 4) is 0 Å². The fraction of sp³-hybridized carbons (Fsp3) is 0.667. The molecule has 1 atom stereocenters. The molecule has 3 N–H and O–H groups in total. The van der Waals surface area contributed by atoms with Gasteiger partial charge in [0.2, 0.25) is 5.91 Å². The fourth-order valence-electron chi connectivity index (χ4n) is 4.68. The molecule has 2 saturated heterocycles. The number of carbonyl (C=O) groups excluding carboxylic acids is 1. The molecular formula is C21H29F3N6O. The van der Waals surface area contributed by atoms with Gasteiger partial charge in [-0.05, 0) is 57.2 Å². The zero-order valence-corrected chi connectivity index (χ0v) is 17.7. The number of nitrogen functional groups attached to an aromatic ring is 1. The van der Waals surface area contributed by atoms with Gasteiger partial charge in [0, 0.05) is 19.5 Å². The molecule has 4 heterocycles. The molecule has 0 saturated carbocycles. The number of hydrogen-bond donors (Lipinski definition) is 2. The lowest BCUT2D eigenvalue weighted by atomic mass is 9.96. The van der Waals surface area contributed by atoms with Gasteiger partial charge < -0.3 is 15.5 Å². The lowest BCUT2D eigenvalue weighted by Crippen LogP contribution is -2.41. The third-order valence-corrected chi connectivity index (χ3v) is 6.56. The summed E-state index contributed by atoms with van der Waals surface area (Å²) in [6, 6.07) is 0.558. The molecule has 0 bridgehead atoms. The number of anilines is 1. The topological polar surface area (TPSA) is 91.1 Å². The second-order valence-electron chi connectivity index (χ2n) is 8.80. The Balaban J connectivity index is 1.56. The first-order valence-electron chi connectivity index (χ1n) is 11.0. The minimum atomic E-state index is -4.59. The minimum Gasteiger partial charge on any atom is -0.383 e. The molecule has 0 radical (unpaired) electrons. The molecule has 170 valence electrons. The Morgan fingerprint density at radius 2 is 1.97 bits per heavy atom. The Bertz CT molecular complexity index is 935. The molecule has 2 aliphatic rings. The van der Waals surface area contributed by atoms with Crippen molar-refractivity contribution >= 4 is 22.8 Å². The van der Waals surface area contributed by atoms with Gasteiger partial charge in [-0.25, -0.2) is 4.98 Å². The van der Waals surface area contributed by atoms with E-state index in [0.717, 1.165) is 50.8 Å². The highest BCUT2D eigenvalue weighted by Crippen LogP contribution is 2.39. The Hall–Kier alpha value is -2.36. The Morgan fingerprint density at radius 3 is 2.68 bits per heavy atom. The van der Waals surface area contributed by atoms with E-state index in [1.807, 2.05) is 0 Å².